The molecule has 63 heavy (non-hydrogen) atoms. The summed E-state index contributed by atoms with van der Waals surface area (Å²) in [7, 11) is 0. The lowest BCUT2D eigenvalue weighted by Gasteiger charge is -2.29. The Morgan fingerprint density at radius 1 is 0.714 bits per heavy atom. The van der Waals surface area contributed by atoms with Crippen LogP contribution in [-0.4, -0.2) is 105 Å². The minimum Gasteiger partial charge on any atom is -0.478 e. The lowest BCUT2D eigenvalue weighted by molar-refractivity contribution is -0.134. The molecule has 3 rings (SSSR count). The SMILES string of the molecule is CCC=CCC=CCC=CCC=CCC=CCC=CCCC(=O)NCCN(CCCN1CCNCC1)CCNC(=O)C(C)(C)Oc1ccc(CCNC(=O)c2ccc(Cl)cc2)cc1. The highest BCUT2D eigenvalue weighted by molar-refractivity contribution is 6.30. The summed E-state index contributed by atoms with van der Waals surface area (Å²) in [5, 5.41) is 13.1. The molecular formula is C52H75ClN6O4. The van der Waals surface area contributed by atoms with Crippen LogP contribution in [0.1, 0.15) is 94.5 Å². The maximum Gasteiger partial charge on any atom is 0.263 e. The Hall–Kier alpha value is -4.74. The monoisotopic (exact) mass is 883 g/mol. The Morgan fingerprint density at radius 3 is 1.86 bits per heavy atom. The fourth-order valence-corrected chi connectivity index (χ4v) is 6.84. The zero-order valence-corrected chi connectivity index (χ0v) is 39.1. The highest BCUT2D eigenvalue weighted by Gasteiger charge is 2.29. The summed E-state index contributed by atoms with van der Waals surface area (Å²) in [6.45, 7) is 14.6. The first kappa shape index (κ1) is 52.6. The second kappa shape index (κ2) is 32.9. The van der Waals surface area contributed by atoms with Crippen molar-refractivity contribution < 1.29 is 19.1 Å². The molecule has 0 radical (unpaired) electrons. The van der Waals surface area contributed by atoms with Crippen molar-refractivity contribution in [3.8, 4) is 5.75 Å². The molecule has 344 valence electrons. The largest absolute Gasteiger partial charge is 0.478 e. The van der Waals surface area contributed by atoms with E-state index in [-0.39, 0.29) is 17.7 Å². The van der Waals surface area contributed by atoms with Crippen LogP contribution in [0.15, 0.2) is 121 Å². The van der Waals surface area contributed by atoms with Gasteiger partial charge in [-0.15, -0.1) is 0 Å². The van der Waals surface area contributed by atoms with Crippen molar-refractivity contribution in [3.05, 3.63) is 138 Å². The number of halogens is 1. The molecule has 2 aromatic carbocycles. The predicted molar refractivity (Wildman–Crippen MR) is 262 cm³/mol. The van der Waals surface area contributed by atoms with Gasteiger partial charge in [0.25, 0.3) is 11.8 Å². The molecule has 0 saturated carbocycles. The first-order valence-corrected chi connectivity index (χ1v) is 23.5. The van der Waals surface area contributed by atoms with E-state index in [9.17, 15) is 14.4 Å². The van der Waals surface area contributed by atoms with E-state index in [0.717, 1.165) is 89.8 Å². The van der Waals surface area contributed by atoms with E-state index in [1.165, 1.54) is 0 Å². The normalized spacial score (nSPS) is 14.0. The summed E-state index contributed by atoms with van der Waals surface area (Å²) in [5.41, 5.74) is 0.521. The van der Waals surface area contributed by atoms with Gasteiger partial charge in [0.1, 0.15) is 5.75 Å². The number of amides is 3. The maximum atomic E-state index is 13.3. The molecule has 0 unspecified atom stereocenters. The van der Waals surface area contributed by atoms with Crippen molar-refractivity contribution in [3.63, 3.8) is 0 Å². The first-order chi connectivity index (χ1) is 30.7. The van der Waals surface area contributed by atoms with Crippen molar-refractivity contribution >= 4 is 29.3 Å². The van der Waals surface area contributed by atoms with Crippen LogP contribution >= 0.6 is 11.6 Å². The number of carbonyl (C=O) groups is 3. The number of benzene rings is 2. The van der Waals surface area contributed by atoms with Gasteiger partial charge in [-0.25, -0.2) is 0 Å². The maximum absolute atomic E-state index is 13.3. The number of carbonyl (C=O) groups excluding carboxylic acids is 3. The molecular weight excluding hydrogens is 808 g/mol. The van der Waals surface area contributed by atoms with Crippen LogP contribution in [0, 0.1) is 0 Å². The Kier molecular flexibility index (Phi) is 27.4. The summed E-state index contributed by atoms with van der Waals surface area (Å²) in [5.74, 6) is 0.305. The van der Waals surface area contributed by atoms with Gasteiger partial charge in [0.2, 0.25) is 5.91 Å². The summed E-state index contributed by atoms with van der Waals surface area (Å²) < 4.78 is 6.13. The molecule has 0 aliphatic carbocycles. The van der Waals surface area contributed by atoms with Gasteiger partial charge in [-0.05, 0) is 127 Å². The van der Waals surface area contributed by atoms with Crippen molar-refractivity contribution in [1.29, 1.82) is 0 Å². The number of ether oxygens (including phenoxy) is 1. The minimum absolute atomic E-state index is 0.0523. The number of hydrogen-bond acceptors (Lipinski definition) is 7. The van der Waals surface area contributed by atoms with Crippen molar-refractivity contribution in [2.24, 2.45) is 0 Å². The van der Waals surface area contributed by atoms with Crippen LogP contribution in [-0.2, 0) is 16.0 Å². The summed E-state index contributed by atoms with van der Waals surface area (Å²) in [4.78, 5) is 43.1. The number of nitrogens with zero attached hydrogens (tertiary/aromatic N) is 2. The topological polar surface area (TPSA) is 115 Å². The van der Waals surface area contributed by atoms with E-state index in [4.69, 9.17) is 16.3 Å². The molecule has 3 amide bonds. The van der Waals surface area contributed by atoms with E-state index in [1.807, 2.05) is 24.3 Å². The minimum atomic E-state index is -1.08. The van der Waals surface area contributed by atoms with Gasteiger partial charge in [-0.3, -0.25) is 19.3 Å². The van der Waals surface area contributed by atoms with E-state index in [2.05, 4.69) is 111 Å². The van der Waals surface area contributed by atoms with Crippen molar-refractivity contribution in [2.75, 3.05) is 72.0 Å². The van der Waals surface area contributed by atoms with E-state index in [0.29, 0.717) is 68.3 Å². The van der Waals surface area contributed by atoms with Crippen LogP contribution in [0.2, 0.25) is 5.02 Å². The van der Waals surface area contributed by atoms with Gasteiger partial charge < -0.3 is 30.9 Å². The highest BCUT2D eigenvalue weighted by atomic mass is 35.5. The summed E-state index contributed by atoms with van der Waals surface area (Å²) in [6, 6.07) is 14.4. The van der Waals surface area contributed by atoms with Gasteiger partial charge in [0.05, 0.1) is 0 Å². The van der Waals surface area contributed by atoms with E-state index in [1.54, 1.807) is 38.1 Å². The third kappa shape index (κ3) is 25.2. The molecule has 1 saturated heterocycles. The Labute approximate surface area is 384 Å². The molecule has 1 aliphatic rings. The van der Waals surface area contributed by atoms with Gasteiger partial charge in [-0.2, -0.15) is 0 Å². The first-order valence-electron chi connectivity index (χ1n) is 23.1. The summed E-state index contributed by atoms with van der Waals surface area (Å²) >= 11 is 5.92. The molecule has 0 aromatic heterocycles. The molecule has 4 N–H and O–H groups in total. The van der Waals surface area contributed by atoms with Crippen LogP contribution < -0.4 is 26.0 Å². The van der Waals surface area contributed by atoms with E-state index >= 15 is 0 Å². The quantitative estimate of drug-likeness (QED) is 0.0561. The molecule has 10 nitrogen and oxygen atoms in total. The molecule has 11 heteroatoms. The molecule has 0 spiro atoms. The van der Waals surface area contributed by atoms with E-state index < -0.39 is 5.60 Å². The Bertz CT molecular complexity index is 1760. The Balaban J connectivity index is 1.32. The Morgan fingerprint density at radius 2 is 1.27 bits per heavy atom. The van der Waals surface area contributed by atoms with Gasteiger partial charge in [0, 0.05) is 75.9 Å². The number of nitrogens with one attached hydrogen (secondary N) is 4. The number of allylic oxidation sites excluding steroid dienone is 12. The van der Waals surface area contributed by atoms with Gasteiger partial charge >= 0.3 is 0 Å². The number of rotatable bonds is 31. The fourth-order valence-electron chi connectivity index (χ4n) is 6.71. The van der Waals surface area contributed by atoms with Crippen LogP contribution in [0.4, 0.5) is 0 Å². The smallest absolute Gasteiger partial charge is 0.263 e. The molecule has 1 fully saturated rings. The average molecular weight is 884 g/mol. The fraction of sp³-hybridized carbons (Fsp3) is 0.481. The van der Waals surface area contributed by atoms with Gasteiger partial charge in [-0.1, -0.05) is 104 Å². The standard InChI is InChI=1S/C52H75ClN6O4/c1-4-5-6-7-8-9-10-11-12-13-14-15-16-17-18-19-20-21-22-24-49(60)55-37-43-59(40-23-39-58-41-35-54-36-42-58)44-38-57-51(62)52(2,3)63-48-31-25-45(26-32-48)33-34-56-50(61)46-27-29-47(53)30-28-46/h5-6,8-9,11-12,14-15,17-18,20-21,25-32,54H,4,7,10,13,16,19,22-24,33-44H2,1-3H3,(H,55,60)(H,56,61)(H,57,62). The number of piperazine rings is 1. The molecule has 2 aromatic rings. The molecule has 0 bridgehead atoms. The molecule has 0 atom stereocenters. The molecule has 1 aliphatic heterocycles. The predicted octanol–water partition coefficient (Wildman–Crippen LogP) is 8.78. The second-order valence-corrected chi connectivity index (χ2v) is 16.6. The van der Waals surface area contributed by atoms with Crippen LogP contribution in [0.25, 0.3) is 0 Å². The average Bonchev–Trinajstić information content (AvgIpc) is 3.28. The van der Waals surface area contributed by atoms with Crippen LogP contribution in [0.3, 0.4) is 0 Å². The zero-order valence-electron chi connectivity index (χ0n) is 38.3. The molecule has 1 heterocycles. The second-order valence-electron chi connectivity index (χ2n) is 16.1. The third-order valence-electron chi connectivity index (χ3n) is 10.4. The van der Waals surface area contributed by atoms with Gasteiger partial charge in [0.15, 0.2) is 5.60 Å². The van der Waals surface area contributed by atoms with Crippen molar-refractivity contribution in [2.45, 2.75) is 90.6 Å². The van der Waals surface area contributed by atoms with Crippen molar-refractivity contribution in [1.82, 2.24) is 31.1 Å². The highest BCUT2D eigenvalue weighted by Crippen LogP contribution is 2.20. The zero-order chi connectivity index (χ0) is 45.2. The number of hydrogen-bond donors (Lipinski definition) is 4. The third-order valence-corrected chi connectivity index (χ3v) is 10.7. The van der Waals surface area contributed by atoms with Crippen LogP contribution in [0.5, 0.6) is 5.75 Å². The summed E-state index contributed by atoms with van der Waals surface area (Å²) in [6.07, 6.45) is 34.9. The lowest BCUT2D eigenvalue weighted by atomic mass is 10.1. The lowest BCUT2D eigenvalue weighted by Crippen LogP contribution is -2.49.